The predicted molar refractivity (Wildman–Crippen MR) is 78.7 cm³/mol. The van der Waals surface area contributed by atoms with Gasteiger partial charge in [0.05, 0.1) is 17.5 Å². The van der Waals surface area contributed by atoms with Crippen LogP contribution in [0.1, 0.15) is 25.7 Å². The Balaban J connectivity index is 2.11. The van der Waals surface area contributed by atoms with E-state index in [-0.39, 0.29) is 22.9 Å². The van der Waals surface area contributed by atoms with Gasteiger partial charge in [-0.3, -0.25) is 0 Å². The van der Waals surface area contributed by atoms with E-state index in [1.54, 1.807) is 12.1 Å². The van der Waals surface area contributed by atoms with Crippen molar-refractivity contribution in [2.75, 3.05) is 10.6 Å². The fraction of sp³-hybridized carbons (Fsp3) is 0.462. The lowest BCUT2D eigenvalue weighted by Crippen LogP contribution is -2.29. The molecule has 0 unspecified atom stereocenters. The molecular weight excluding hydrogens is 265 g/mol. The lowest BCUT2D eigenvalue weighted by molar-refractivity contribution is 0.126. The molecule has 1 aromatic carbocycles. The number of nitrogens with one attached hydrogen (secondary N) is 2. The predicted octanol–water partition coefficient (Wildman–Crippen LogP) is 2.20. The van der Waals surface area contributed by atoms with Crippen LogP contribution in [0.25, 0.3) is 0 Å². The van der Waals surface area contributed by atoms with Gasteiger partial charge in [-0.15, -0.1) is 0 Å². The summed E-state index contributed by atoms with van der Waals surface area (Å²) in [5, 5.41) is 15.5. The number of thiocarbonyl (C=S) groups is 1. The van der Waals surface area contributed by atoms with Crippen molar-refractivity contribution in [2.45, 2.75) is 37.8 Å². The number of aliphatic hydroxyl groups excluding tert-OH is 1. The molecule has 0 spiro atoms. The standard InChI is InChI=1S/C13H18FN3OS/c14-10-2-1-3-11(12(10)17-13(15)19)16-8-4-6-9(18)7-5-8/h1-3,8-9,16,18H,4-7H2,(H3,15,17,19). The van der Waals surface area contributed by atoms with Gasteiger partial charge in [-0.1, -0.05) is 6.07 Å². The smallest absolute Gasteiger partial charge is 0.168 e. The van der Waals surface area contributed by atoms with Crippen LogP contribution < -0.4 is 16.4 Å². The van der Waals surface area contributed by atoms with E-state index in [1.165, 1.54) is 6.07 Å². The average Bonchev–Trinajstić information content (AvgIpc) is 2.36. The van der Waals surface area contributed by atoms with Crippen molar-refractivity contribution in [3.8, 4) is 0 Å². The SMILES string of the molecule is NC(=S)Nc1c(F)cccc1NC1CCC(O)CC1. The molecular formula is C13H18FN3OS. The normalized spacial score (nSPS) is 22.8. The van der Waals surface area contributed by atoms with E-state index in [0.717, 1.165) is 25.7 Å². The van der Waals surface area contributed by atoms with Crippen LogP contribution in [0.5, 0.6) is 0 Å². The van der Waals surface area contributed by atoms with E-state index in [1.807, 2.05) is 0 Å². The third kappa shape index (κ3) is 3.78. The van der Waals surface area contributed by atoms with Crippen LogP contribution in [-0.4, -0.2) is 22.4 Å². The highest BCUT2D eigenvalue weighted by molar-refractivity contribution is 7.80. The van der Waals surface area contributed by atoms with Gasteiger partial charge in [-0.05, 0) is 50.0 Å². The van der Waals surface area contributed by atoms with Crippen LogP contribution in [0.4, 0.5) is 15.8 Å². The van der Waals surface area contributed by atoms with Crippen LogP contribution in [0.15, 0.2) is 18.2 Å². The van der Waals surface area contributed by atoms with Crippen LogP contribution in [0, 0.1) is 5.82 Å². The third-order valence-electron chi connectivity index (χ3n) is 3.32. The summed E-state index contributed by atoms with van der Waals surface area (Å²) in [4.78, 5) is 0. The summed E-state index contributed by atoms with van der Waals surface area (Å²) in [5.41, 5.74) is 6.33. The molecule has 0 bridgehead atoms. The van der Waals surface area contributed by atoms with Gasteiger partial charge >= 0.3 is 0 Å². The van der Waals surface area contributed by atoms with Gasteiger partial charge in [0.15, 0.2) is 5.11 Å². The Morgan fingerprint density at radius 1 is 1.32 bits per heavy atom. The number of aliphatic hydroxyl groups is 1. The molecule has 6 heteroatoms. The zero-order chi connectivity index (χ0) is 13.8. The highest BCUT2D eigenvalue weighted by Crippen LogP contribution is 2.28. The van der Waals surface area contributed by atoms with Crippen molar-refractivity contribution in [3.05, 3.63) is 24.0 Å². The molecule has 0 atom stereocenters. The van der Waals surface area contributed by atoms with Crippen molar-refractivity contribution in [2.24, 2.45) is 5.73 Å². The monoisotopic (exact) mass is 283 g/mol. The van der Waals surface area contributed by atoms with Gasteiger partial charge in [-0.2, -0.15) is 0 Å². The fourth-order valence-electron chi connectivity index (χ4n) is 2.33. The minimum absolute atomic E-state index is 0.0345. The van der Waals surface area contributed by atoms with Crippen LogP contribution in [0.2, 0.25) is 0 Å². The van der Waals surface area contributed by atoms with Crippen molar-refractivity contribution < 1.29 is 9.50 Å². The first-order chi connectivity index (χ1) is 9.06. The largest absolute Gasteiger partial charge is 0.393 e. The topological polar surface area (TPSA) is 70.3 Å². The maximum Gasteiger partial charge on any atom is 0.168 e. The van der Waals surface area contributed by atoms with Crippen LogP contribution in [-0.2, 0) is 0 Å². The first kappa shape index (κ1) is 14.0. The molecule has 0 radical (unpaired) electrons. The molecule has 1 fully saturated rings. The lowest BCUT2D eigenvalue weighted by atomic mass is 9.93. The second kappa shape index (κ2) is 6.16. The first-order valence-corrected chi connectivity index (χ1v) is 6.76. The van der Waals surface area contributed by atoms with E-state index in [2.05, 4.69) is 10.6 Å². The number of hydrogen-bond acceptors (Lipinski definition) is 3. The number of benzene rings is 1. The molecule has 1 aliphatic carbocycles. The maximum absolute atomic E-state index is 13.8. The zero-order valence-corrected chi connectivity index (χ0v) is 11.3. The Labute approximate surface area is 117 Å². The number of para-hydroxylation sites is 1. The van der Waals surface area contributed by atoms with Crippen molar-refractivity contribution >= 4 is 28.7 Å². The van der Waals surface area contributed by atoms with Gasteiger partial charge in [0.2, 0.25) is 0 Å². The average molecular weight is 283 g/mol. The molecule has 4 nitrogen and oxygen atoms in total. The molecule has 5 N–H and O–H groups in total. The number of hydrogen-bond donors (Lipinski definition) is 4. The Morgan fingerprint density at radius 3 is 2.63 bits per heavy atom. The molecule has 0 aromatic heterocycles. The molecule has 19 heavy (non-hydrogen) atoms. The summed E-state index contributed by atoms with van der Waals surface area (Å²) in [5.74, 6) is -0.395. The summed E-state index contributed by atoms with van der Waals surface area (Å²) >= 11 is 4.76. The number of anilines is 2. The molecule has 1 saturated carbocycles. The van der Waals surface area contributed by atoms with E-state index in [9.17, 15) is 9.50 Å². The minimum Gasteiger partial charge on any atom is -0.393 e. The number of halogens is 1. The minimum atomic E-state index is -0.395. The van der Waals surface area contributed by atoms with E-state index >= 15 is 0 Å². The van der Waals surface area contributed by atoms with Gasteiger partial charge in [0.25, 0.3) is 0 Å². The molecule has 0 amide bonds. The number of rotatable bonds is 3. The summed E-state index contributed by atoms with van der Waals surface area (Å²) in [6.45, 7) is 0. The van der Waals surface area contributed by atoms with Crippen LogP contribution >= 0.6 is 12.2 Å². The molecule has 0 heterocycles. The second-order valence-corrected chi connectivity index (χ2v) is 5.24. The second-order valence-electron chi connectivity index (χ2n) is 4.80. The van der Waals surface area contributed by atoms with Gasteiger partial charge in [0.1, 0.15) is 5.82 Å². The first-order valence-electron chi connectivity index (χ1n) is 6.36. The quantitative estimate of drug-likeness (QED) is 0.640. The van der Waals surface area contributed by atoms with Crippen molar-refractivity contribution in [1.82, 2.24) is 0 Å². The number of nitrogens with two attached hydrogens (primary N) is 1. The van der Waals surface area contributed by atoms with Crippen molar-refractivity contribution in [3.63, 3.8) is 0 Å². The summed E-state index contributed by atoms with van der Waals surface area (Å²) in [6.07, 6.45) is 3.06. The molecule has 0 aliphatic heterocycles. The zero-order valence-electron chi connectivity index (χ0n) is 10.5. The van der Waals surface area contributed by atoms with Crippen molar-refractivity contribution in [1.29, 1.82) is 0 Å². The Morgan fingerprint density at radius 2 is 2.00 bits per heavy atom. The third-order valence-corrected chi connectivity index (χ3v) is 3.42. The summed E-state index contributed by atoms with van der Waals surface area (Å²) < 4.78 is 13.8. The summed E-state index contributed by atoms with van der Waals surface area (Å²) in [6, 6.07) is 5.02. The summed E-state index contributed by atoms with van der Waals surface area (Å²) in [7, 11) is 0. The Hall–Kier alpha value is -1.40. The Kier molecular flexibility index (Phi) is 4.55. The molecule has 104 valence electrons. The van der Waals surface area contributed by atoms with Gasteiger partial charge in [-0.25, -0.2) is 4.39 Å². The fourth-order valence-corrected chi connectivity index (χ4v) is 2.44. The molecule has 2 rings (SSSR count). The van der Waals surface area contributed by atoms with Crippen LogP contribution in [0.3, 0.4) is 0 Å². The van der Waals surface area contributed by atoms with Gasteiger partial charge < -0.3 is 21.5 Å². The van der Waals surface area contributed by atoms with E-state index in [4.69, 9.17) is 18.0 Å². The van der Waals surface area contributed by atoms with Gasteiger partial charge in [0, 0.05) is 6.04 Å². The van der Waals surface area contributed by atoms with E-state index in [0.29, 0.717) is 5.69 Å². The molecule has 1 aliphatic rings. The maximum atomic E-state index is 13.8. The Bertz CT molecular complexity index is 461. The highest BCUT2D eigenvalue weighted by Gasteiger charge is 2.20. The molecule has 1 aromatic rings. The lowest BCUT2D eigenvalue weighted by Gasteiger charge is -2.28. The molecule has 0 saturated heterocycles. The van der Waals surface area contributed by atoms with E-state index < -0.39 is 5.82 Å². The highest BCUT2D eigenvalue weighted by atomic mass is 32.1.